The van der Waals surface area contributed by atoms with Gasteiger partial charge in [0.15, 0.2) is 5.82 Å². The maximum Gasteiger partial charge on any atom is 0.154 e. The lowest BCUT2D eigenvalue weighted by Gasteiger charge is -2.31. The van der Waals surface area contributed by atoms with Gasteiger partial charge in [-0.05, 0) is 25.8 Å². The summed E-state index contributed by atoms with van der Waals surface area (Å²) in [6.07, 6.45) is 5.93. The Kier molecular flexibility index (Phi) is 2.48. The van der Waals surface area contributed by atoms with E-state index in [0.29, 0.717) is 0 Å². The summed E-state index contributed by atoms with van der Waals surface area (Å²) < 4.78 is 1.89. The third-order valence-electron chi connectivity index (χ3n) is 3.25. The first kappa shape index (κ1) is 10.5. The Hall–Kier alpha value is -1.62. The van der Waals surface area contributed by atoms with E-state index in [0.717, 1.165) is 43.0 Å². The average molecular weight is 231 g/mol. The van der Waals surface area contributed by atoms with Crippen LogP contribution in [0, 0.1) is 6.92 Å². The Morgan fingerprint density at radius 2 is 2.35 bits per heavy atom. The summed E-state index contributed by atoms with van der Waals surface area (Å²) in [6.45, 7) is 3.92. The number of nitrogens with two attached hydrogens (primary N) is 1. The fourth-order valence-corrected chi connectivity index (χ4v) is 2.48. The van der Waals surface area contributed by atoms with Crippen LogP contribution < -0.4 is 10.6 Å². The van der Waals surface area contributed by atoms with E-state index in [1.54, 1.807) is 6.20 Å². The Morgan fingerprint density at radius 1 is 1.47 bits per heavy atom. The first-order valence-corrected chi connectivity index (χ1v) is 6.05. The van der Waals surface area contributed by atoms with Crippen LogP contribution in [0.1, 0.15) is 18.5 Å². The fourth-order valence-electron chi connectivity index (χ4n) is 2.48. The topological polar surface area (TPSA) is 59.5 Å². The smallest absolute Gasteiger partial charge is 0.154 e. The molecule has 1 aliphatic rings. The molecular formula is C12H17N5. The average Bonchev–Trinajstić information content (AvgIpc) is 2.68. The van der Waals surface area contributed by atoms with Crippen molar-refractivity contribution in [1.82, 2.24) is 14.6 Å². The Labute approximate surface area is 100 Å². The lowest BCUT2D eigenvalue weighted by atomic mass is 10.1. The molecule has 2 N–H and O–H groups in total. The molecule has 3 heterocycles. The SMILES string of the molecule is Cc1cc2c(N3CCCC(N)C3)nccn2n1. The van der Waals surface area contributed by atoms with Gasteiger partial charge in [0.05, 0.1) is 5.69 Å². The van der Waals surface area contributed by atoms with Crippen molar-refractivity contribution in [3.8, 4) is 0 Å². The summed E-state index contributed by atoms with van der Waals surface area (Å²) in [5.41, 5.74) is 8.10. The van der Waals surface area contributed by atoms with Crippen molar-refractivity contribution in [1.29, 1.82) is 0 Å². The number of rotatable bonds is 1. The zero-order valence-electron chi connectivity index (χ0n) is 10.0. The molecule has 5 nitrogen and oxygen atoms in total. The summed E-state index contributed by atoms with van der Waals surface area (Å²) in [6, 6.07) is 2.33. The van der Waals surface area contributed by atoms with E-state index in [2.05, 4.69) is 21.0 Å². The molecule has 2 aromatic heterocycles. The van der Waals surface area contributed by atoms with Crippen LogP contribution >= 0.6 is 0 Å². The molecule has 2 aromatic rings. The molecule has 1 saturated heterocycles. The second-order valence-corrected chi connectivity index (χ2v) is 4.71. The van der Waals surface area contributed by atoms with E-state index in [4.69, 9.17) is 5.73 Å². The van der Waals surface area contributed by atoms with Crippen LogP contribution in [0.3, 0.4) is 0 Å². The minimum atomic E-state index is 0.259. The van der Waals surface area contributed by atoms with Gasteiger partial charge in [0, 0.05) is 31.5 Å². The van der Waals surface area contributed by atoms with E-state index in [9.17, 15) is 0 Å². The Balaban J connectivity index is 2.04. The maximum absolute atomic E-state index is 6.02. The second-order valence-electron chi connectivity index (χ2n) is 4.71. The monoisotopic (exact) mass is 231 g/mol. The number of hydrogen-bond donors (Lipinski definition) is 1. The molecule has 0 amide bonds. The normalized spacial score (nSPS) is 21.1. The summed E-state index contributed by atoms with van der Waals surface area (Å²) in [7, 11) is 0. The van der Waals surface area contributed by atoms with Crippen LogP contribution in [0.2, 0.25) is 0 Å². The fraction of sp³-hybridized carbons (Fsp3) is 0.500. The predicted octanol–water partition coefficient (Wildman–Crippen LogP) is 0.965. The van der Waals surface area contributed by atoms with Crippen molar-refractivity contribution in [2.75, 3.05) is 18.0 Å². The third-order valence-corrected chi connectivity index (χ3v) is 3.25. The maximum atomic E-state index is 6.02. The minimum Gasteiger partial charge on any atom is -0.353 e. The summed E-state index contributed by atoms with van der Waals surface area (Å²) in [4.78, 5) is 6.76. The molecule has 0 spiro atoms. The van der Waals surface area contributed by atoms with Crippen LogP contribution in [0.4, 0.5) is 5.82 Å². The van der Waals surface area contributed by atoms with Gasteiger partial charge in [-0.25, -0.2) is 9.50 Å². The number of aromatic nitrogens is 3. The van der Waals surface area contributed by atoms with E-state index in [1.165, 1.54) is 0 Å². The lowest BCUT2D eigenvalue weighted by molar-refractivity contribution is 0.503. The highest BCUT2D eigenvalue weighted by Crippen LogP contribution is 2.22. The molecule has 0 radical (unpaired) electrons. The highest BCUT2D eigenvalue weighted by atomic mass is 15.3. The molecule has 5 heteroatoms. The van der Waals surface area contributed by atoms with Crippen molar-refractivity contribution < 1.29 is 0 Å². The molecule has 1 aliphatic heterocycles. The van der Waals surface area contributed by atoms with Gasteiger partial charge >= 0.3 is 0 Å². The molecular weight excluding hydrogens is 214 g/mol. The quantitative estimate of drug-likeness (QED) is 0.794. The molecule has 0 saturated carbocycles. The number of piperidine rings is 1. The number of aryl methyl sites for hydroxylation is 1. The van der Waals surface area contributed by atoms with Crippen molar-refractivity contribution in [2.24, 2.45) is 5.73 Å². The standard InChI is InChI=1S/C12H17N5/c1-9-7-11-12(14-4-6-17(11)15-9)16-5-2-3-10(13)8-16/h4,6-7,10H,2-3,5,8,13H2,1H3. The molecule has 0 bridgehead atoms. The largest absolute Gasteiger partial charge is 0.353 e. The van der Waals surface area contributed by atoms with Gasteiger partial charge in [0.25, 0.3) is 0 Å². The van der Waals surface area contributed by atoms with Gasteiger partial charge < -0.3 is 10.6 Å². The lowest BCUT2D eigenvalue weighted by Crippen LogP contribution is -2.43. The van der Waals surface area contributed by atoms with Crippen molar-refractivity contribution >= 4 is 11.3 Å². The first-order chi connectivity index (χ1) is 8.24. The van der Waals surface area contributed by atoms with E-state index >= 15 is 0 Å². The van der Waals surface area contributed by atoms with Gasteiger partial charge in [-0.15, -0.1) is 0 Å². The van der Waals surface area contributed by atoms with Crippen LogP contribution in [0.15, 0.2) is 18.5 Å². The second kappa shape index (κ2) is 4.00. The third kappa shape index (κ3) is 1.86. The minimum absolute atomic E-state index is 0.259. The van der Waals surface area contributed by atoms with Gasteiger partial charge in [-0.3, -0.25) is 0 Å². The zero-order chi connectivity index (χ0) is 11.8. The first-order valence-electron chi connectivity index (χ1n) is 6.05. The van der Waals surface area contributed by atoms with E-state index < -0.39 is 0 Å². The van der Waals surface area contributed by atoms with Gasteiger partial charge in [-0.1, -0.05) is 0 Å². The van der Waals surface area contributed by atoms with Gasteiger partial charge in [-0.2, -0.15) is 5.10 Å². The molecule has 1 fully saturated rings. The molecule has 17 heavy (non-hydrogen) atoms. The van der Waals surface area contributed by atoms with Crippen LogP contribution in [-0.4, -0.2) is 33.7 Å². The highest BCUT2D eigenvalue weighted by molar-refractivity contribution is 5.69. The van der Waals surface area contributed by atoms with Crippen LogP contribution in [0.25, 0.3) is 5.52 Å². The van der Waals surface area contributed by atoms with E-state index in [-0.39, 0.29) is 6.04 Å². The van der Waals surface area contributed by atoms with Crippen molar-refractivity contribution in [2.45, 2.75) is 25.8 Å². The van der Waals surface area contributed by atoms with Gasteiger partial charge in [0.1, 0.15) is 5.52 Å². The van der Waals surface area contributed by atoms with Crippen molar-refractivity contribution in [3.05, 3.63) is 24.2 Å². The Morgan fingerprint density at radius 3 is 3.18 bits per heavy atom. The molecule has 1 unspecified atom stereocenters. The van der Waals surface area contributed by atoms with E-state index in [1.807, 2.05) is 17.6 Å². The molecule has 3 rings (SSSR count). The molecule has 90 valence electrons. The number of nitrogens with zero attached hydrogens (tertiary/aromatic N) is 4. The molecule has 0 aliphatic carbocycles. The van der Waals surface area contributed by atoms with Crippen LogP contribution in [-0.2, 0) is 0 Å². The Bertz CT molecular complexity index is 533. The summed E-state index contributed by atoms with van der Waals surface area (Å²) >= 11 is 0. The predicted molar refractivity (Wildman–Crippen MR) is 67.1 cm³/mol. The van der Waals surface area contributed by atoms with Gasteiger partial charge in [0.2, 0.25) is 0 Å². The van der Waals surface area contributed by atoms with Crippen LogP contribution in [0.5, 0.6) is 0 Å². The number of fused-ring (bicyclic) bond motifs is 1. The molecule has 1 atom stereocenters. The molecule has 0 aromatic carbocycles. The number of hydrogen-bond acceptors (Lipinski definition) is 4. The highest BCUT2D eigenvalue weighted by Gasteiger charge is 2.20. The summed E-state index contributed by atoms with van der Waals surface area (Å²) in [5.74, 6) is 1.00. The zero-order valence-corrected chi connectivity index (χ0v) is 10.0. The summed E-state index contributed by atoms with van der Waals surface area (Å²) in [5, 5.41) is 4.41. The van der Waals surface area contributed by atoms with Crippen molar-refractivity contribution in [3.63, 3.8) is 0 Å². The number of anilines is 1.